The van der Waals surface area contributed by atoms with E-state index < -0.39 is 0 Å². The Bertz CT molecular complexity index is 1130. The predicted molar refractivity (Wildman–Crippen MR) is 134 cm³/mol. The summed E-state index contributed by atoms with van der Waals surface area (Å²) in [7, 11) is 3.01. The lowest BCUT2D eigenvalue weighted by Crippen LogP contribution is -2.36. The Balaban J connectivity index is 1.27. The van der Waals surface area contributed by atoms with Gasteiger partial charge in [-0.25, -0.2) is 4.79 Å². The van der Waals surface area contributed by atoms with Crippen molar-refractivity contribution < 1.29 is 28.5 Å². The van der Waals surface area contributed by atoms with Crippen molar-refractivity contribution in [1.29, 1.82) is 0 Å². The molecule has 1 amide bonds. The zero-order valence-corrected chi connectivity index (χ0v) is 20.7. The molecule has 0 saturated carbocycles. The number of anilines is 1. The average molecular weight is 496 g/mol. The molecule has 184 valence electrons. The Morgan fingerprint density at radius 2 is 1.60 bits per heavy atom. The van der Waals surface area contributed by atoms with E-state index in [0.29, 0.717) is 37.7 Å². The Morgan fingerprint density at radius 3 is 2.26 bits per heavy atom. The molecule has 1 aliphatic heterocycles. The topological polar surface area (TPSA) is 74.3 Å². The minimum absolute atomic E-state index is 0.0142. The Morgan fingerprint density at radius 1 is 0.914 bits per heavy atom. The van der Waals surface area contributed by atoms with Crippen LogP contribution in [0.25, 0.3) is 0 Å². The first kappa shape index (κ1) is 24.9. The van der Waals surface area contributed by atoms with E-state index in [-0.39, 0.29) is 17.9 Å². The van der Waals surface area contributed by atoms with Gasteiger partial charge in [0.05, 0.1) is 46.7 Å². The van der Waals surface area contributed by atoms with E-state index in [1.165, 1.54) is 18.4 Å². The highest BCUT2D eigenvalue weighted by Crippen LogP contribution is 2.28. The summed E-state index contributed by atoms with van der Waals surface area (Å²) < 4.78 is 21.7. The van der Waals surface area contributed by atoms with Crippen molar-refractivity contribution in [2.75, 3.05) is 25.7 Å². The molecule has 3 aromatic rings. The fourth-order valence-corrected chi connectivity index (χ4v) is 4.84. The molecule has 8 heteroatoms. The molecule has 35 heavy (non-hydrogen) atoms. The third kappa shape index (κ3) is 6.48. The number of benzene rings is 2. The molecule has 2 aromatic carbocycles. The van der Waals surface area contributed by atoms with E-state index in [9.17, 15) is 9.59 Å². The second-order valence-electron chi connectivity index (χ2n) is 8.24. The van der Waals surface area contributed by atoms with E-state index in [2.05, 4.69) is 0 Å². The van der Waals surface area contributed by atoms with Crippen molar-refractivity contribution >= 4 is 28.9 Å². The molecule has 1 atom stereocenters. The van der Waals surface area contributed by atoms with Gasteiger partial charge in [-0.2, -0.15) is 0 Å². The van der Waals surface area contributed by atoms with Crippen molar-refractivity contribution in [2.24, 2.45) is 0 Å². The van der Waals surface area contributed by atoms with Crippen molar-refractivity contribution in [3.8, 4) is 5.75 Å². The van der Waals surface area contributed by atoms with Gasteiger partial charge in [0.25, 0.3) is 0 Å². The standard InChI is InChI=1S/C27H29NO6S/c1-31-23-10-5-20(6-11-23)16-33-15-19-3-7-21(8-4-19)28-22(9-14-26(28)29)17-34-18-24-12-13-25(35-24)27(30)32-2/h3-8,10-13,22H,9,14-18H2,1-2H3/t22-/m1/s1. The van der Waals surface area contributed by atoms with Gasteiger partial charge in [-0.3, -0.25) is 4.79 Å². The van der Waals surface area contributed by atoms with Crippen LogP contribution in [-0.4, -0.2) is 38.7 Å². The zero-order valence-electron chi connectivity index (χ0n) is 19.9. The van der Waals surface area contributed by atoms with Crippen LogP contribution in [-0.2, 0) is 38.8 Å². The van der Waals surface area contributed by atoms with Gasteiger partial charge in [-0.05, 0) is 53.9 Å². The number of carbonyl (C=O) groups is 2. The van der Waals surface area contributed by atoms with Crippen LogP contribution >= 0.6 is 11.3 Å². The van der Waals surface area contributed by atoms with E-state index >= 15 is 0 Å². The summed E-state index contributed by atoms with van der Waals surface area (Å²) in [5, 5.41) is 0. The summed E-state index contributed by atoms with van der Waals surface area (Å²) in [5.74, 6) is 0.582. The molecule has 0 unspecified atom stereocenters. The Labute approximate surface area is 209 Å². The maximum atomic E-state index is 12.6. The molecule has 1 aliphatic rings. The number of thiophene rings is 1. The highest BCUT2D eigenvalue weighted by Gasteiger charge is 2.32. The highest BCUT2D eigenvalue weighted by molar-refractivity contribution is 7.13. The second-order valence-corrected chi connectivity index (χ2v) is 9.40. The maximum Gasteiger partial charge on any atom is 0.348 e. The highest BCUT2D eigenvalue weighted by atomic mass is 32.1. The second kappa shape index (κ2) is 12.0. The lowest BCUT2D eigenvalue weighted by molar-refractivity contribution is -0.117. The van der Waals surface area contributed by atoms with Crippen molar-refractivity contribution in [1.82, 2.24) is 0 Å². The van der Waals surface area contributed by atoms with Crippen LogP contribution in [0.15, 0.2) is 60.7 Å². The van der Waals surface area contributed by atoms with Gasteiger partial charge in [0.1, 0.15) is 10.6 Å². The number of ether oxygens (including phenoxy) is 4. The zero-order chi connectivity index (χ0) is 24.6. The minimum atomic E-state index is -0.344. The van der Waals surface area contributed by atoms with Crippen LogP contribution in [0, 0.1) is 0 Å². The Kier molecular flexibility index (Phi) is 8.52. The van der Waals surface area contributed by atoms with Gasteiger partial charge in [-0.15, -0.1) is 11.3 Å². The molecule has 7 nitrogen and oxygen atoms in total. The third-order valence-electron chi connectivity index (χ3n) is 5.84. The van der Waals surface area contributed by atoms with Crippen LogP contribution in [0.4, 0.5) is 5.69 Å². The summed E-state index contributed by atoms with van der Waals surface area (Å²) in [6, 6.07) is 19.3. The number of rotatable bonds is 11. The first-order valence-electron chi connectivity index (χ1n) is 11.4. The predicted octanol–water partition coefficient (Wildman–Crippen LogP) is 4.97. The molecule has 0 bridgehead atoms. The van der Waals surface area contributed by atoms with Crippen LogP contribution < -0.4 is 9.64 Å². The molecule has 0 spiro atoms. The molecular weight excluding hydrogens is 466 g/mol. The quantitative estimate of drug-likeness (QED) is 0.350. The molecule has 4 rings (SSSR count). The van der Waals surface area contributed by atoms with Crippen molar-refractivity contribution in [3.63, 3.8) is 0 Å². The number of carbonyl (C=O) groups excluding carboxylic acids is 2. The van der Waals surface area contributed by atoms with E-state index in [1.54, 1.807) is 13.2 Å². The summed E-state index contributed by atoms with van der Waals surface area (Å²) in [4.78, 5) is 27.5. The summed E-state index contributed by atoms with van der Waals surface area (Å²) in [6.07, 6.45) is 1.26. The monoisotopic (exact) mass is 495 g/mol. The van der Waals surface area contributed by atoms with Gasteiger partial charge in [-0.1, -0.05) is 24.3 Å². The van der Waals surface area contributed by atoms with E-state index in [4.69, 9.17) is 18.9 Å². The third-order valence-corrected chi connectivity index (χ3v) is 6.88. The molecule has 1 aromatic heterocycles. The van der Waals surface area contributed by atoms with Gasteiger partial charge >= 0.3 is 5.97 Å². The largest absolute Gasteiger partial charge is 0.497 e. The number of hydrogen-bond acceptors (Lipinski definition) is 7. The smallest absolute Gasteiger partial charge is 0.348 e. The summed E-state index contributed by atoms with van der Waals surface area (Å²) in [6.45, 7) is 1.83. The summed E-state index contributed by atoms with van der Waals surface area (Å²) in [5.41, 5.74) is 2.99. The average Bonchev–Trinajstić information content (AvgIpc) is 3.51. The molecule has 0 N–H and O–H groups in total. The van der Waals surface area contributed by atoms with E-state index in [0.717, 1.165) is 33.9 Å². The molecule has 2 heterocycles. The van der Waals surface area contributed by atoms with Crippen molar-refractivity contribution in [2.45, 2.75) is 38.7 Å². The van der Waals surface area contributed by atoms with Crippen LogP contribution in [0.5, 0.6) is 5.75 Å². The van der Waals surface area contributed by atoms with Gasteiger partial charge < -0.3 is 23.8 Å². The molecule has 1 saturated heterocycles. The fourth-order valence-electron chi connectivity index (χ4n) is 3.98. The minimum Gasteiger partial charge on any atom is -0.497 e. The molecule has 0 radical (unpaired) electrons. The fraction of sp³-hybridized carbons (Fsp3) is 0.333. The van der Waals surface area contributed by atoms with E-state index in [1.807, 2.05) is 59.5 Å². The number of amides is 1. The first-order chi connectivity index (χ1) is 17.1. The SMILES string of the molecule is COC(=O)c1ccc(COC[C@H]2CCC(=O)N2c2ccc(COCc3ccc(OC)cc3)cc2)s1. The van der Waals surface area contributed by atoms with Crippen LogP contribution in [0.2, 0.25) is 0 Å². The van der Waals surface area contributed by atoms with Crippen molar-refractivity contribution in [3.05, 3.63) is 81.5 Å². The van der Waals surface area contributed by atoms with Gasteiger partial charge in [0, 0.05) is 17.0 Å². The van der Waals surface area contributed by atoms with Gasteiger partial charge in [0.2, 0.25) is 5.91 Å². The lowest BCUT2D eigenvalue weighted by atomic mass is 10.2. The molecule has 1 fully saturated rings. The normalized spacial score (nSPS) is 15.4. The summed E-state index contributed by atoms with van der Waals surface area (Å²) >= 11 is 1.36. The number of hydrogen-bond donors (Lipinski definition) is 0. The van der Waals surface area contributed by atoms with Crippen LogP contribution in [0.1, 0.15) is 38.5 Å². The molecule has 0 aliphatic carbocycles. The number of esters is 1. The molecular formula is C27H29NO6S. The first-order valence-corrected chi connectivity index (χ1v) is 12.3. The maximum absolute atomic E-state index is 12.6. The van der Waals surface area contributed by atoms with Gasteiger partial charge in [0.15, 0.2) is 0 Å². The Hall–Kier alpha value is -3.20. The number of methoxy groups -OCH3 is 2. The number of nitrogens with zero attached hydrogens (tertiary/aromatic N) is 1. The van der Waals surface area contributed by atoms with Crippen LogP contribution in [0.3, 0.4) is 0 Å². The lowest BCUT2D eigenvalue weighted by Gasteiger charge is -2.25.